The van der Waals surface area contributed by atoms with Crippen LogP contribution in [0, 0.1) is 11.3 Å². The van der Waals surface area contributed by atoms with Crippen LogP contribution in [0.1, 0.15) is 26.3 Å². The highest BCUT2D eigenvalue weighted by Crippen LogP contribution is 2.37. The van der Waals surface area contributed by atoms with Crippen LogP contribution >= 0.6 is 15.9 Å². The van der Waals surface area contributed by atoms with Crippen LogP contribution in [0.15, 0.2) is 16.6 Å². The number of hydrogen-bond donors (Lipinski definition) is 1. The zero-order valence-electron chi connectivity index (χ0n) is 11.7. The van der Waals surface area contributed by atoms with Crippen LogP contribution in [0.3, 0.4) is 0 Å². The summed E-state index contributed by atoms with van der Waals surface area (Å²) in [5.41, 5.74) is 1.09. The molecule has 4 nitrogen and oxygen atoms in total. The molecule has 1 rings (SSSR count). The number of nitrogens with one attached hydrogen (secondary N) is 1. The maximum atomic E-state index is 8.81. The Bertz CT molecular complexity index is 469. The largest absolute Gasteiger partial charge is 0.493 e. The summed E-state index contributed by atoms with van der Waals surface area (Å²) in [6.07, 6.45) is -0.523. The summed E-state index contributed by atoms with van der Waals surface area (Å²) in [7, 11) is 1.59. The summed E-state index contributed by atoms with van der Waals surface area (Å²) in [5, 5.41) is 12.2. The number of methoxy groups -OCH3 is 1. The number of rotatable bonds is 6. The Morgan fingerprint density at radius 1 is 1.37 bits per heavy atom. The van der Waals surface area contributed by atoms with Crippen molar-refractivity contribution in [2.75, 3.05) is 7.11 Å². The Morgan fingerprint density at radius 2 is 2.05 bits per heavy atom. The second-order valence-corrected chi connectivity index (χ2v) is 5.39. The number of nitrogens with zero attached hydrogens (tertiary/aromatic N) is 1. The minimum Gasteiger partial charge on any atom is -0.493 e. The lowest BCUT2D eigenvalue weighted by Crippen LogP contribution is -2.21. The van der Waals surface area contributed by atoms with Crippen molar-refractivity contribution in [3.63, 3.8) is 0 Å². The van der Waals surface area contributed by atoms with Gasteiger partial charge in [0.05, 0.1) is 11.6 Å². The topological polar surface area (TPSA) is 54.3 Å². The zero-order valence-corrected chi connectivity index (χ0v) is 13.2. The highest BCUT2D eigenvalue weighted by Gasteiger charge is 2.14. The molecule has 1 aromatic rings. The quantitative estimate of drug-likeness (QED) is 0.871. The summed E-state index contributed by atoms with van der Waals surface area (Å²) in [6, 6.07) is 6.34. The van der Waals surface area contributed by atoms with Gasteiger partial charge in [0.2, 0.25) is 0 Å². The Balaban J connectivity index is 2.98. The van der Waals surface area contributed by atoms with Gasteiger partial charge >= 0.3 is 0 Å². The van der Waals surface area contributed by atoms with Crippen LogP contribution in [-0.2, 0) is 6.54 Å². The van der Waals surface area contributed by atoms with E-state index in [0.29, 0.717) is 17.5 Å². The van der Waals surface area contributed by atoms with Crippen molar-refractivity contribution in [2.24, 2.45) is 0 Å². The summed E-state index contributed by atoms with van der Waals surface area (Å²) in [4.78, 5) is 0. The molecule has 0 aliphatic heterocycles. The van der Waals surface area contributed by atoms with E-state index < -0.39 is 6.10 Å². The molecule has 0 fully saturated rings. The van der Waals surface area contributed by atoms with Crippen LogP contribution in [0.5, 0.6) is 11.5 Å². The van der Waals surface area contributed by atoms with Crippen molar-refractivity contribution >= 4 is 15.9 Å². The van der Waals surface area contributed by atoms with E-state index in [1.807, 2.05) is 18.2 Å². The van der Waals surface area contributed by atoms with Crippen LogP contribution in [0.25, 0.3) is 0 Å². The molecule has 1 unspecified atom stereocenters. The fourth-order valence-electron chi connectivity index (χ4n) is 1.51. The third kappa shape index (κ3) is 4.73. The molecule has 19 heavy (non-hydrogen) atoms. The molecule has 0 aliphatic carbocycles. The van der Waals surface area contributed by atoms with Gasteiger partial charge in [-0.1, -0.05) is 13.8 Å². The van der Waals surface area contributed by atoms with Crippen molar-refractivity contribution in [1.82, 2.24) is 5.32 Å². The maximum Gasteiger partial charge on any atom is 0.181 e. The van der Waals surface area contributed by atoms with E-state index in [4.69, 9.17) is 14.7 Å². The van der Waals surface area contributed by atoms with E-state index in [1.54, 1.807) is 14.0 Å². The molecule has 0 radical (unpaired) electrons. The van der Waals surface area contributed by atoms with Gasteiger partial charge in [-0.05, 0) is 40.5 Å². The van der Waals surface area contributed by atoms with Gasteiger partial charge in [-0.3, -0.25) is 0 Å². The molecule has 104 valence electrons. The molecule has 1 aromatic carbocycles. The molecule has 0 saturated heterocycles. The molecular formula is C14H19BrN2O2. The molecule has 5 heteroatoms. The van der Waals surface area contributed by atoms with E-state index in [0.717, 1.165) is 16.6 Å². The predicted molar refractivity (Wildman–Crippen MR) is 78.4 cm³/mol. The first-order chi connectivity index (χ1) is 8.97. The van der Waals surface area contributed by atoms with Crippen molar-refractivity contribution in [3.8, 4) is 17.6 Å². The molecule has 0 bridgehead atoms. The SMILES string of the molecule is COc1cc(CNC(C)C)cc(Br)c1OC(C)C#N. The number of halogens is 1. The van der Waals surface area contributed by atoms with Crippen molar-refractivity contribution in [3.05, 3.63) is 22.2 Å². The average molecular weight is 327 g/mol. The standard InChI is InChI=1S/C14H19BrN2O2/c1-9(2)17-8-11-5-12(15)14(13(6-11)18-4)19-10(3)7-16/h5-6,9-10,17H,8H2,1-4H3. The molecule has 0 spiro atoms. The molecule has 1 atom stereocenters. The lowest BCUT2D eigenvalue weighted by Gasteiger charge is -2.16. The van der Waals surface area contributed by atoms with Crippen molar-refractivity contribution in [1.29, 1.82) is 5.26 Å². The van der Waals surface area contributed by atoms with Gasteiger partial charge in [-0.2, -0.15) is 5.26 Å². The van der Waals surface area contributed by atoms with Gasteiger partial charge in [0.1, 0.15) is 6.07 Å². The Labute approximate surface area is 122 Å². The van der Waals surface area contributed by atoms with Crippen LogP contribution in [0.2, 0.25) is 0 Å². The third-order valence-corrected chi connectivity index (χ3v) is 3.07. The second-order valence-electron chi connectivity index (χ2n) is 4.53. The van der Waals surface area contributed by atoms with E-state index >= 15 is 0 Å². The minimum atomic E-state index is -0.523. The zero-order chi connectivity index (χ0) is 14.4. The minimum absolute atomic E-state index is 0.416. The fraction of sp³-hybridized carbons (Fsp3) is 0.500. The highest BCUT2D eigenvalue weighted by atomic mass is 79.9. The van der Waals surface area contributed by atoms with Gasteiger partial charge in [0.15, 0.2) is 17.6 Å². The summed E-state index contributed by atoms with van der Waals surface area (Å²) in [6.45, 7) is 6.64. The van der Waals surface area contributed by atoms with Crippen molar-refractivity contribution in [2.45, 2.75) is 39.5 Å². The first-order valence-corrected chi connectivity index (χ1v) is 6.93. The molecule has 0 amide bonds. The molecule has 0 aromatic heterocycles. The lowest BCUT2D eigenvalue weighted by molar-refractivity contribution is 0.258. The molecular weight excluding hydrogens is 308 g/mol. The summed E-state index contributed by atoms with van der Waals surface area (Å²) >= 11 is 3.46. The van der Waals surface area contributed by atoms with Crippen LogP contribution < -0.4 is 14.8 Å². The predicted octanol–water partition coefficient (Wildman–Crippen LogP) is 3.25. The number of hydrogen-bond acceptors (Lipinski definition) is 4. The third-order valence-electron chi connectivity index (χ3n) is 2.48. The monoisotopic (exact) mass is 326 g/mol. The number of ether oxygens (including phenoxy) is 2. The smallest absolute Gasteiger partial charge is 0.181 e. The van der Waals surface area contributed by atoms with E-state index in [1.165, 1.54) is 0 Å². The van der Waals surface area contributed by atoms with E-state index in [2.05, 4.69) is 35.1 Å². The van der Waals surface area contributed by atoms with Gasteiger partial charge in [0.25, 0.3) is 0 Å². The lowest BCUT2D eigenvalue weighted by atomic mass is 10.2. The second kappa shape index (κ2) is 7.37. The first kappa shape index (κ1) is 15.8. The van der Waals surface area contributed by atoms with Gasteiger partial charge in [-0.15, -0.1) is 0 Å². The summed E-state index contributed by atoms with van der Waals surface area (Å²) < 4.78 is 11.7. The first-order valence-electron chi connectivity index (χ1n) is 6.14. The molecule has 1 N–H and O–H groups in total. The van der Waals surface area contributed by atoms with Crippen LogP contribution in [-0.4, -0.2) is 19.3 Å². The molecule has 0 heterocycles. The number of nitriles is 1. The van der Waals surface area contributed by atoms with Gasteiger partial charge < -0.3 is 14.8 Å². The Hall–Kier alpha value is -1.25. The van der Waals surface area contributed by atoms with Gasteiger partial charge in [0, 0.05) is 12.6 Å². The van der Waals surface area contributed by atoms with E-state index in [-0.39, 0.29) is 0 Å². The fourth-order valence-corrected chi connectivity index (χ4v) is 2.10. The average Bonchev–Trinajstić information content (AvgIpc) is 2.38. The van der Waals surface area contributed by atoms with Gasteiger partial charge in [-0.25, -0.2) is 0 Å². The van der Waals surface area contributed by atoms with Crippen LogP contribution in [0.4, 0.5) is 0 Å². The summed E-state index contributed by atoms with van der Waals surface area (Å²) in [5.74, 6) is 1.18. The Kier molecular flexibility index (Phi) is 6.13. The highest BCUT2D eigenvalue weighted by molar-refractivity contribution is 9.10. The molecule has 0 saturated carbocycles. The number of benzene rings is 1. The molecule has 0 aliphatic rings. The normalized spacial score (nSPS) is 12.1. The van der Waals surface area contributed by atoms with Crippen molar-refractivity contribution < 1.29 is 9.47 Å². The maximum absolute atomic E-state index is 8.81. The van der Waals surface area contributed by atoms with E-state index in [9.17, 15) is 0 Å². The Morgan fingerprint density at radius 3 is 2.58 bits per heavy atom.